The topological polar surface area (TPSA) is 132 Å². The number of rotatable bonds is 5. The molecule has 0 bridgehead atoms. The molecule has 0 aliphatic carbocycles. The Kier molecular flexibility index (Phi) is 6.11. The Hall–Kier alpha value is -4.13. The van der Waals surface area contributed by atoms with Crippen molar-refractivity contribution in [1.29, 1.82) is 0 Å². The number of benzene rings is 1. The van der Waals surface area contributed by atoms with Crippen molar-refractivity contribution in [1.82, 2.24) is 19.9 Å². The molecule has 0 fully saturated rings. The Morgan fingerprint density at radius 1 is 1.03 bits per heavy atom. The molecule has 0 atom stereocenters. The predicted molar refractivity (Wildman–Crippen MR) is 121 cm³/mol. The van der Waals surface area contributed by atoms with E-state index in [1.54, 1.807) is 18.2 Å². The Labute approximate surface area is 197 Å². The number of hydrogen-bond donors (Lipinski definition) is 1. The van der Waals surface area contributed by atoms with Gasteiger partial charge in [-0.1, -0.05) is 12.1 Å². The van der Waals surface area contributed by atoms with Crippen LogP contribution in [0.15, 0.2) is 66.0 Å². The highest BCUT2D eigenvalue weighted by Gasteiger charge is 2.35. The van der Waals surface area contributed by atoms with Crippen LogP contribution in [0.4, 0.5) is 24.7 Å². The second kappa shape index (κ2) is 8.91. The summed E-state index contributed by atoms with van der Waals surface area (Å²) in [5.74, 6) is -1.96. The monoisotopic (exact) mass is 502 g/mol. The largest absolute Gasteiger partial charge is 0.451 e. The van der Waals surface area contributed by atoms with Crippen LogP contribution in [-0.2, 0) is 22.6 Å². The summed E-state index contributed by atoms with van der Waals surface area (Å²) < 4.78 is 63.4. The number of alkyl halides is 3. The number of sulfone groups is 1. The molecule has 180 valence electrons. The first-order chi connectivity index (χ1) is 16.4. The number of pyridine rings is 2. The average Bonchev–Trinajstić information content (AvgIpc) is 2.81. The summed E-state index contributed by atoms with van der Waals surface area (Å²) >= 11 is 0. The zero-order chi connectivity index (χ0) is 25.4. The van der Waals surface area contributed by atoms with Crippen LogP contribution in [0.2, 0.25) is 0 Å². The van der Waals surface area contributed by atoms with Crippen molar-refractivity contribution in [3.05, 3.63) is 78.1 Å². The number of nitrogens with zero attached hydrogens (tertiary/aromatic N) is 5. The van der Waals surface area contributed by atoms with Gasteiger partial charge in [0.25, 0.3) is 5.91 Å². The highest BCUT2D eigenvalue weighted by molar-refractivity contribution is 7.90. The lowest BCUT2D eigenvalue weighted by Crippen LogP contribution is -2.32. The molecule has 3 aromatic heterocycles. The molecule has 35 heavy (non-hydrogen) atoms. The summed E-state index contributed by atoms with van der Waals surface area (Å²) in [5, 5.41) is 0.688. The number of nitrogens with two attached hydrogens (primary N) is 1. The van der Waals surface area contributed by atoms with Crippen LogP contribution < -0.4 is 10.6 Å². The molecule has 4 rings (SSSR count). The minimum atomic E-state index is -4.78. The van der Waals surface area contributed by atoms with Gasteiger partial charge in [0.15, 0.2) is 9.84 Å². The Morgan fingerprint density at radius 3 is 2.37 bits per heavy atom. The molecular formula is C22H17F3N6O3S. The van der Waals surface area contributed by atoms with E-state index in [2.05, 4.69) is 19.9 Å². The van der Waals surface area contributed by atoms with Crippen molar-refractivity contribution in [2.45, 2.75) is 17.6 Å². The molecule has 0 aliphatic rings. The summed E-state index contributed by atoms with van der Waals surface area (Å²) in [6.45, 7) is -0.223. The van der Waals surface area contributed by atoms with Gasteiger partial charge >= 0.3 is 6.18 Å². The highest BCUT2D eigenvalue weighted by Crippen LogP contribution is 2.29. The van der Waals surface area contributed by atoms with Gasteiger partial charge in [0.1, 0.15) is 5.82 Å². The van der Waals surface area contributed by atoms with E-state index in [1.165, 1.54) is 30.5 Å². The number of carbonyl (C=O) groups is 1. The number of nitrogen functional groups attached to an aromatic ring is 1. The molecular weight excluding hydrogens is 485 g/mol. The molecule has 3 heterocycles. The molecule has 0 unspecified atom stereocenters. The fraction of sp³-hybridized carbons (Fsp3) is 0.136. The van der Waals surface area contributed by atoms with Crippen LogP contribution in [0, 0.1) is 0 Å². The lowest BCUT2D eigenvalue weighted by atomic mass is 10.2. The van der Waals surface area contributed by atoms with E-state index in [1.807, 2.05) is 0 Å². The third-order valence-corrected chi connectivity index (χ3v) is 6.07. The van der Waals surface area contributed by atoms with Crippen molar-refractivity contribution < 1.29 is 26.4 Å². The van der Waals surface area contributed by atoms with Gasteiger partial charge in [0.2, 0.25) is 5.82 Å². The standard InChI is InChI=1S/C22H17F3N6O3S/c1-35(33,34)18-5-3-2-4-17(18)31(20(32)14-10-28-21(29-11-14)22(23,24)25)12-15-8-16-13(9-27-15)6-7-19(26)30-16/h2-11H,12H2,1H3,(H2,26,30). The van der Waals surface area contributed by atoms with Crippen LogP contribution >= 0.6 is 0 Å². The van der Waals surface area contributed by atoms with Crippen molar-refractivity contribution in [3.8, 4) is 0 Å². The summed E-state index contributed by atoms with van der Waals surface area (Å²) in [6.07, 6.45) is -0.803. The number of hydrogen-bond acceptors (Lipinski definition) is 8. The van der Waals surface area contributed by atoms with E-state index in [9.17, 15) is 26.4 Å². The van der Waals surface area contributed by atoms with Crippen LogP contribution in [-0.4, -0.2) is 40.5 Å². The van der Waals surface area contributed by atoms with Crippen LogP contribution in [0.5, 0.6) is 0 Å². The van der Waals surface area contributed by atoms with E-state index in [-0.39, 0.29) is 28.5 Å². The van der Waals surface area contributed by atoms with Gasteiger partial charge < -0.3 is 10.6 Å². The number of carbonyl (C=O) groups excluding carboxylic acids is 1. The zero-order valence-corrected chi connectivity index (χ0v) is 18.9. The average molecular weight is 502 g/mol. The first-order valence-electron chi connectivity index (χ1n) is 9.95. The number of para-hydroxylation sites is 1. The Balaban J connectivity index is 1.81. The normalized spacial score (nSPS) is 12.0. The summed E-state index contributed by atoms with van der Waals surface area (Å²) in [4.78, 5) is 29.4. The molecule has 0 aliphatic heterocycles. The van der Waals surface area contributed by atoms with Crippen molar-refractivity contribution in [2.75, 3.05) is 16.9 Å². The summed E-state index contributed by atoms with van der Waals surface area (Å²) in [6, 6.07) is 10.7. The number of aromatic nitrogens is 4. The van der Waals surface area contributed by atoms with Gasteiger partial charge in [-0.25, -0.2) is 23.4 Å². The minimum absolute atomic E-state index is 0.0160. The van der Waals surface area contributed by atoms with Gasteiger partial charge in [0.05, 0.1) is 33.9 Å². The summed E-state index contributed by atoms with van der Waals surface area (Å²) in [5.41, 5.74) is 6.32. The van der Waals surface area contributed by atoms with Crippen LogP contribution in [0.3, 0.4) is 0 Å². The van der Waals surface area contributed by atoms with Crippen molar-refractivity contribution in [3.63, 3.8) is 0 Å². The molecule has 0 saturated carbocycles. The number of halogens is 3. The quantitative estimate of drug-likeness (QED) is 0.440. The smallest absolute Gasteiger partial charge is 0.384 e. The molecule has 0 radical (unpaired) electrons. The fourth-order valence-corrected chi connectivity index (χ4v) is 4.21. The first kappa shape index (κ1) is 24.0. The van der Waals surface area contributed by atoms with Gasteiger partial charge in [-0.2, -0.15) is 13.2 Å². The van der Waals surface area contributed by atoms with E-state index < -0.39 is 27.7 Å². The van der Waals surface area contributed by atoms with Gasteiger partial charge in [-0.3, -0.25) is 9.78 Å². The Morgan fingerprint density at radius 2 is 1.71 bits per heavy atom. The maximum Gasteiger partial charge on any atom is 0.451 e. The number of fused-ring (bicyclic) bond motifs is 1. The fourth-order valence-electron chi connectivity index (χ4n) is 3.32. The SMILES string of the molecule is CS(=O)(=O)c1ccccc1N(Cc1cc2nc(N)ccc2cn1)C(=O)c1cnc(C(F)(F)F)nc1. The molecule has 1 amide bonds. The van der Waals surface area contributed by atoms with Crippen LogP contribution in [0.1, 0.15) is 21.9 Å². The molecule has 4 aromatic rings. The second-order valence-corrected chi connectivity index (χ2v) is 9.51. The van der Waals surface area contributed by atoms with Crippen LogP contribution in [0.25, 0.3) is 10.9 Å². The van der Waals surface area contributed by atoms with E-state index in [0.29, 0.717) is 16.6 Å². The molecule has 0 spiro atoms. The first-order valence-corrected chi connectivity index (χ1v) is 11.8. The second-order valence-electron chi connectivity index (χ2n) is 7.53. The van der Waals surface area contributed by atoms with E-state index in [0.717, 1.165) is 23.5 Å². The third-order valence-electron chi connectivity index (χ3n) is 4.92. The summed E-state index contributed by atoms with van der Waals surface area (Å²) in [7, 11) is -3.78. The van der Waals surface area contributed by atoms with E-state index in [4.69, 9.17) is 5.73 Å². The third kappa shape index (κ3) is 5.19. The highest BCUT2D eigenvalue weighted by atomic mass is 32.2. The number of amides is 1. The lowest BCUT2D eigenvalue weighted by Gasteiger charge is -2.24. The molecule has 9 nitrogen and oxygen atoms in total. The molecule has 2 N–H and O–H groups in total. The molecule has 0 saturated heterocycles. The van der Waals surface area contributed by atoms with Gasteiger partial charge in [0, 0.05) is 30.2 Å². The predicted octanol–water partition coefficient (Wildman–Crippen LogP) is 3.27. The van der Waals surface area contributed by atoms with Gasteiger partial charge in [-0.05, 0) is 30.3 Å². The van der Waals surface area contributed by atoms with Crippen molar-refractivity contribution >= 4 is 38.2 Å². The van der Waals surface area contributed by atoms with Crippen molar-refractivity contribution in [2.24, 2.45) is 0 Å². The molecule has 1 aromatic carbocycles. The Bertz CT molecular complexity index is 1530. The van der Waals surface area contributed by atoms with Gasteiger partial charge in [-0.15, -0.1) is 0 Å². The maximum atomic E-state index is 13.4. The molecule has 13 heteroatoms. The lowest BCUT2D eigenvalue weighted by molar-refractivity contribution is -0.145. The van der Waals surface area contributed by atoms with E-state index >= 15 is 0 Å². The number of anilines is 2. The zero-order valence-electron chi connectivity index (χ0n) is 18.1. The minimum Gasteiger partial charge on any atom is -0.384 e. The maximum absolute atomic E-state index is 13.4.